The van der Waals surface area contributed by atoms with E-state index in [1.54, 1.807) is 19.2 Å². The number of aromatic nitrogens is 3. The molecular weight excluding hydrogens is 325 g/mol. The Kier molecular flexibility index (Phi) is 5.28. The highest BCUT2D eigenvalue weighted by atomic mass is 19.1. The van der Waals surface area contributed by atoms with E-state index in [0.29, 0.717) is 0 Å². The lowest BCUT2D eigenvalue weighted by atomic mass is 10.0. The van der Waals surface area contributed by atoms with Crippen LogP contribution in [0.3, 0.4) is 0 Å². The van der Waals surface area contributed by atoms with E-state index in [-0.39, 0.29) is 30.0 Å². The molecule has 1 aliphatic heterocycles. The number of likely N-dealkylation sites (tertiary alicyclic amines) is 1. The van der Waals surface area contributed by atoms with Crippen LogP contribution >= 0.6 is 0 Å². The fourth-order valence-electron chi connectivity index (χ4n) is 3.02. The Balaban J connectivity index is 1.44. The van der Waals surface area contributed by atoms with Gasteiger partial charge in [0.15, 0.2) is 0 Å². The van der Waals surface area contributed by atoms with Gasteiger partial charge >= 0.3 is 5.69 Å². The topological polar surface area (TPSA) is 72.2 Å². The third kappa shape index (κ3) is 4.54. The zero-order chi connectivity index (χ0) is 17.8. The summed E-state index contributed by atoms with van der Waals surface area (Å²) in [7, 11) is 1.60. The standard InChI is InChI=1S/C17H22FN5O2/c1-21-12-19-23(17(21)25)11-16(24)20-15-6-8-22(9-7-15)10-13-2-4-14(18)5-3-13/h2-5,12,15H,6-11H2,1H3,(H,20,24). The van der Waals surface area contributed by atoms with Crippen LogP contribution in [0.4, 0.5) is 4.39 Å². The summed E-state index contributed by atoms with van der Waals surface area (Å²) in [6.45, 7) is 2.46. The summed E-state index contributed by atoms with van der Waals surface area (Å²) in [5.74, 6) is -0.421. The summed E-state index contributed by atoms with van der Waals surface area (Å²) >= 11 is 0. The second-order valence-corrected chi connectivity index (χ2v) is 6.43. The minimum atomic E-state index is -0.302. The number of carbonyl (C=O) groups is 1. The first kappa shape index (κ1) is 17.3. The molecule has 1 aromatic heterocycles. The van der Waals surface area contributed by atoms with E-state index in [1.165, 1.54) is 23.0 Å². The van der Waals surface area contributed by atoms with Crippen molar-refractivity contribution in [1.82, 2.24) is 24.6 Å². The van der Waals surface area contributed by atoms with Gasteiger partial charge in [0.25, 0.3) is 0 Å². The molecule has 1 saturated heterocycles. The Bertz CT molecular complexity index is 775. The number of aryl methyl sites for hydroxylation is 1. The van der Waals surface area contributed by atoms with Crippen molar-refractivity contribution in [3.8, 4) is 0 Å². The molecule has 1 N–H and O–H groups in total. The predicted octanol–water partition coefficient (Wildman–Crippen LogP) is 0.502. The summed E-state index contributed by atoms with van der Waals surface area (Å²) in [5.41, 5.74) is 0.780. The van der Waals surface area contributed by atoms with E-state index in [2.05, 4.69) is 15.3 Å². The number of nitrogens with one attached hydrogen (secondary N) is 1. The van der Waals surface area contributed by atoms with Crippen molar-refractivity contribution in [3.63, 3.8) is 0 Å². The second-order valence-electron chi connectivity index (χ2n) is 6.43. The molecule has 8 heteroatoms. The van der Waals surface area contributed by atoms with Crippen LogP contribution < -0.4 is 11.0 Å². The van der Waals surface area contributed by atoms with Crippen molar-refractivity contribution in [3.05, 3.63) is 52.5 Å². The number of piperidine rings is 1. The molecule has 2 heterocycles. The van der Waals surface area contributed by atoms with Crippen LogP contribution in [0.5, 0.6) is 0 Å². The quantitative estimate of drug-likeness (QED) is 0.855. The highest BCUT2D eigenvalue weighted by molar-refractivity contribution is 5.75. The molecule has 1 aromatic carbocycles. The zero-order valence-corrected chi connectivity index (χ0v) is 14.2. The van der Waals surface area contributed by atoms with E-state index in [0.717, 1.165) is 42.7 Å². The SMILES string of the molecule is Cn1cnn(CC(=O)NC2CCN(Cc3ccc(F)cc3)CC2)c1=O. The van der Waals surface area contributed by atoms with Gasteiger partial charge in [0, 0.05) is 32.7 Å². The van der Waals surface area contributed by atoms with Crippen molar-refractivity contribution >= 4 is 5.91 Å². The van der Waals surface area contributed by atoms with Gasteiger partial charge in [-0.25, -0.2) is 13.9 Å². The second kappa shape index (κ2) is 7.60. The summed E-state index contributed by atoms with van der Waals surface area (Å²) in [6, 6.07) is 6.65. The Hall–Kier alpha value is -2.48. The maximum Gasteiger partial charge on any atom is 0.345 e. The van der Waals surface area contributed by atoms with Crippen molar-refractivity contribution in [2.45, 2.75) is 32.0 Å². The van der Waals surface area contributed by atoms with Crippen LogP contribution in [0.1, 0.15) is 18.4 Å². The van der Waals surface area contributed by atoms with Gasteiger partial charge in [0.05, 0.1) is 0 Å². The van der Waals surface area contributed by atoms with E-state index >= 15 is 0 Å². The van der Waals surface area contributed by atoms with Gasteiger partial charge < -0.3 is 5.32 Å². The number of hydrogen-bond donors (Lipinski definition) is 1. The summed E-state index contributed by atoms with van der Waals surface area (Å²) in [5, 5.41) is 6.86. The lowest BCUT2D eigenvalue weighted by Crippen LogP contribution is -2.45. The molecule has 3 rings (SSSR count). The lowest BCUT2D eigenvalue weighted by molar-refractivity contribution is -0.122. The number of halogens is 1. The van der Waals surface area contributed by atoms with Crippen LogP contribution in [0.2, 0.25) is 0 Å². The third-order valence-corrected chi connectivity index (χ3v) is 4.45. The van der Waals surface area contributed by atoms with Crippen LogP contribution in [-0.2, 0) is 24.9 Å². The Labute approximate surface area is 145 Å². The Morgan fingerprint density at radius 1 is 1.28 bits per heavy atom. The van der Waals surface area contributed by atoms with Crippen molar-refractivity contribution < 1.29 is 9.18 Å². The maximum atomic E-state index is 12.9. The zero-order valence-electron chi connectivity index (χ0n) is 14.2. The Morgan fingerprint density at radius 3 is 2.56 bits per heavy atom. The molecule has 0 aliphatic carbocycles. The lowest BCUT2D eigenvalue weighted by Gasteiger charge is -2.32. The molecule has 1 amide bonds. The van der Waals surface area contributed by atoms with Gasteiger partial charge in [0.1, 0.15) is 18.7 Å². The van der Waals surface area contributed by atoms with E-state index in [1.807, 2.05) is 0 Å². The fraction of sp³-hybridized carbons (Fsp3) is 0.471. The molecule has 134 valence electrons. The predicted molar refractivity (Wildman–Crippen MR) is 90.3 cm³/mol. The van der Waals surface area contributed by atoms with E-state index in [9.17, 15) is 14.0 Å². The molecule has 25 heavy (non-hydrogen) atoms. The van der Waals surface area contributed by atoms with Crippen LogP contribution in [0.25, 0.3) is 0 Å². The first-order chi connectivity index (χ1) is 12.0. The van der Waals surface area contributed by atoms with Crippen LogP contribution in [0.15, 0.2) is 35.4 Å². The summed E-state index contributed by atoms with van der Waals surface area (Å²) < 4.78 is 15.4. The number of rotatable bonds is 5. The van der Waals surface area contributed by atoms with E-state index in [4.69, 9.17) is 0 Å². The first-order valence-corrected chi connectivity index (χ1v) is 8.36. The van der Waals surface area contributed by atoms with Gasteiger partial charge in [-0.3, -0.25) is 14.3 Å². The highest BCUT2D eigenvalue weighted by Crippen LogP contribution is 2.14. The molecule has 7 nitrogen and oxygen atoms in total. The normalized spacial score (nSPS) is 16.1. The van der Waals surface area contributed by atoms with E-state index < -0.39 is 0 Å². The number of benzene rings is 1. The number of carbonyl (C=O) groups excluding carboxylic acids is 1. The highest BCUT2D eigenvalue weighted by Gasteiger charge is 2.21. The van der Waals surface area contributed by atoms with Gasteiger partial charge in [-0.1, -0.05) is 12.1 Å². The molecule has 1 aliphatic rings. The largest absolute Gasteiger partial charge is 0.352 e. The molecule has 0 unspecified atom stereocenters. The average Bonchev–Trinajstić information content (AvgIpc) is 2.91. The molecular formula is C17H22FN5O2. The van der Waals surface area contributed by atoms with Gasteiger partial charge in [-0.2, -0.15) is 5.10 Å². The molecule has 0 spiro atoms. The first-order valence-electron chi connectivity index (χ1n) is 8.36. The summed E-state index contributed by atoms with van der Waals surface area (Å²) in [4.78, 5) is 26.1. The summed E-state index contributed by atoms with van der Waals surface area (Å²) in [6.07, 6.45) is 3.09. The molecule has 1 fully saturated rings. The average molecular weight is 347 g/mol. The van der Waals surface area contributed by atoms with Gasteiger partial charge in [-0.15, -0.1) is 0 Å². The monoisotopic (exact) mass is 347 g/mol. The fourth-order valence-corrected chi connectivity index (χ4v) is 3.02. The maximum absolute atomic E-state index is 12.9. The number of hydrogen-bond acceptors (Lipinski definition) is 4. The van der Waals surface area contributed by atoms with Crippen LogP contribution in [-0.4, -0.2) is 44.3 Å². The van der Waals surface area contributed by atoms with Crippen LogP contribution in [0, 0.1) is 5.82 Å². The molecule has 0 atom stereocenters. The number of amides is 1. The van der Waals surface area contributed by atoms with Crippen molar-refractivity contribution in [2.24, 2.45) is 7.05 Å². The van der Waals surface area contributed by atoms with Crippen molar-refractivity contribution in [2.75, 3.05) is 13.1 Å². The smallest absolute Gasteiger partial charge is 0.345 e. The van der Waals surface area contributed by atoms with Gasteiger partial charge in [0.2, 0.25) is 5.91 Å². The number of nitrogens with zero attached hydrogens (tertiary/aromatic N) is 4. The molecule has 0 radical (unpaired) electrons. The minimum absolute atomic E-state index is 0.0601. The molecule has 0 bridgehead atoms. The Morgan fingerprint density at radius 2 is 1.96 bits per heavy atom. The molecule has 2 aromatic rings. The van der Waals surface area contributed by atoms with Crippen molar-refractivity contribution in [1.29, 1.82) is 0 Å². The molecule has 0 saturated carbocycles. The third-order valence-electron chi connectivity index (χ3n) is 4.45. The minimum Gasteiger partial charge on any atom is -0.352 e. The van der Waals surface area contributed by atoms with Gasteiger partial charge in [-0.05, 0) is 30.5 Å².